The van der Waals surface area contributed by atoms with E-state index in [-0.39, 0.29) is 29.7 Å². The Hall–Kier alpha value is -2.66. The third-order valence-electron chi connectivity index (χ3n) is 8.42. The highest BCUT2D eigenvalue weighted by atomic mass is 19.4. The number of likely N-dealkylation sites (tertiary alicyclic amines) is 1. The quantitative estimate of drug-likeness (QED) is 0.415. The molecule has 1 heterocycles. The van der Waals surface area contributed by atoms with Gasteiger partial charge in [-0.15, -0.1) is 0 Å². The van der Waals surface area contributed by atoms with Gasteiger partial charge in [0.05, 0.1) is 12.5 Å². The molecule has 9 nitrogen and oxygen atoms in total. The van der Waals surface area contributed by atoms with Crippen molar-refractivity contribution in [3.05, 3.63) is 0 Å². The van der Waals surface area contributed by atoms with Crippen molar-refractivity contribution < 1.29 is 41.9 Å². The molecule has 2 aliphatic carbocycles. The number of hydrogen-bond acceptors (Lipinski definition) is 6. The molecule has 2 saturated carbocycles. The van der Waals surface area contributed by atoms with Gasteiger partial charge in [-0.25, -0.2) is 4.79 Å². The smallest absolute Gasteiger partial charge is 0.408 e. The third-order valence-corrected chi connectivity index (χ3v) is 8.42. The molecule has 12 heteroatoms. The van der Waals surface area contributed by atoms with Crippen molar-refractivity contribution >= 4 is 29.5 Å². The number of carbonyl (C=O) groups excluding carboxylic acids is 5. The lowest BCUT2D eigenvalue weighted by molar-refractivity contribution is -0.158. The molecule has 3 fully saturated rings. The summed E-state index contributed by atoms with van der Waals surface area (Å²) in [7, 11) is 0. The van der Waals surface area contributed by atoms with Crippen molar-refractivity contribution in [2.75, 3.05) is 6.54 Å². The Bertz CT molecular complexity index is 1000. The summed E-state index contributed by atoms with van der Waals surface area (Å²) >= 11 is 0. The number of ether oxygens (including phenoxy) is 1. The lowest BCUT2D eigenvalue weighted by atomic mass is 9.82. The standard InChI is InChI=1S/C27H40F3N3O6/c1-25(2,3)39-24(38)32-19(14-9-7-6-8-10-14)23(37)33-13-16-18(26(16,4)5)20(33)17(34)11-15(12-27(28,29)30)21(35)22(31)36/h14-16,18-20H,6-13H2,1-5H3,(H2,31,36)(H,32,38)/t15?,16-,18-,19-,20+/m0/s1. The molecule has 0 aromatic carbocycles. The first-order chi connectivity index (χ1) is 17.8. The van der Waals surface area contributed by atoms with E-state index in [0.717, 1.165) is 19.3 Å². The largest absolute Gasteiger partial charge is 0.444 e. The number of nitrogens with one attached hydrogen (secondary N) is 1. The number of ketones is 2. The van der Waals surface area contributed by atoms with Gasteiger partial charge >= 0.3 is 12.3 Å². The highest BCUT2D eigenvalue weighted by Gasteiger charge is 2.69. The molecule has 0 radical (unpaired) electrons. The number of amides is 3. The van der Waals surface area contributed by atoms with Gasteiger partial charge in [0.15, 0.2) is 5.78 Å². The van der Waals surface area contributed by atoms with Crippen molar-refractivity contribution in [3.8, 4) is 0 Å². The number of Topliss-reactive ketones (excluding diaryl/α,β-unsaturated/α-hetero) is 2. The van der Waals surface area contributed by atoms with Gasteiger partial charge in [-0.2, -0.15) is 13.2 Å². The van der Waals surface area contributed by atoms with Gasteiger partial charge in [-0.1, -0.05) is 33.1 Å². The van der Waals surface area contributed by atoms with Crippen LogP contribution in [0.3, 0.4) is 0 Å². The topological polar surface area (TPSA) is 136 Å². The van der Waals surface area contributed by atoms with E-state index in [9.17, 15) is 37.1 Å². The number of alkyl carbamates (subject to hydrolysis) is 1. The Morgan fingerprint density at radius 3 is 2.15 bits per heavy atom. The Morgan fingerprint density at radius 2 is 1.64 bits per heavy atom. The zero-order valence-electron chi connectivity index (χ0n) is 23.2. The molecule has 3 N–H and O–H groups in total. The van der Waals surface area contributed by atoms with Crippen LogP contribution < -0.4 is 11.1 Å². The molecule has 0 spiro atoms. The zero-order chi connectivity index (χ0) is 29.5. The van der Waals surface area contributed by atoms with Crippen LogP contribution in [0.1, 0.15) is 79.6 Å². The fraction of sp³-hybridized carbons (Fsp3) is 0.815. The van der Waals surface area contributed by atoms with Crippen molar-refractivity contribution in [3.63, 3.8) is 0 Å². The molecule has 3 rings (SSSR count). The number of rotatable bonds is 9. The van der Waals surface area contributed by atoms with Crippen LogP contribution in [0, 0.1) is 29.1 Å². The lowest BCUT2D eigenvalue weighted by Gasteiger charge is -2.37. The maximum atomic E-state index is 14.0. The molecule has 0 aromatic rings. The van der Waals surface area contributed by atoms with Gasteiger partial charge < -0.3 is 20.7 Å². The second-order valence-electron chi connectivity index (χ2n) is 12.8. The maximum absolute atomic E-state index is 14.0. The summed E-state index contributed by atoms with van der Waals surface area (Å²) in [5.74, 6) is -6.72. The van der Waals surface area contributed by atoms with E-state index in [1.165, 1.54) is 4.90 Å². The highest BCUT2D eigenvalue weighted by Crippen LogP contribution is 2.65. The van der Waals surface area contributed by atoms with Crippen LogP contribution >= 0.6 is 0 Å². The first-order valence-corrected chi connectivity index (χ1v) is 13.6. The molecule has 0 aromatic heterocycles. The Morgan fingerprint density at radius 1 is 1.05 bits per heavy atom. The Balaban J connectivity index is 1.88. The van der Waals surface area contributed by atoms with Crippen LogP contribution in [0.15, 0.2) is 0 Å². The van der Waals surface area contributed by atoms with E-state index in [2.05, 4.69) is 5.32 Å². The number of halogens is 3. The van der Waals surface area contributed by atoms with E-state index in [1.807, 2.05) is 13.8 Å². The van der Waals surface area contributed by atoms with Crippen LogP contribution in [-0.4, -0.2) is 64.8 Å². The fourth-order valence-electron chi connectivity index (χ4n) is 6.45. The monoisotopic (exact) mass is 559 g/mol. The van der Waals surface area contributed by atoms with E-state index >= 15 is 0 Å². The fourth-order valence-corrected chi connectivity index (χ4v) is 6.45. The molecule has 1 unspecified atom stereocenters. The van der Waals surface area contributed by atoms with Crippen molar-refractivity contribution in [2.45, 2.75) is 103 Å². The number of piperidine rings is 1. The first-order valence-electron chi connectivity index (χ1n) is 13.6. The van der Waals surface area contributed by atoms with Gasteiger partial charge in [-0.3, -0.25) is 19.2 Å². The summed E-state index contributed by atoms with van der Waals surface area (Å²) in [5.41, 5.74) is 3.83. The van der Waals surface area contributed by atoms with Crippen LogP contribution in [-0.2, 0) is 23.9 Å². The summed E-state index contributed by atoms with van der Waals surface area (Å²) in [6.07, 6.45) is -3.95. The molecular weight excluding hydrogens is 519 g/mol. The van der Waals surface area contributed by atoms with E-state index < -0.39 is 72.1 Å². The van der Waals surface area contributed by atoms with Crippen LogP contribution in [0.25, 0.3) is 0 Å². The predicted molar refractivity (Wildman–Crippen MR) is 134 cm³/mol. The molecule has 0 bridgehead atoms. The lowest BCUT2D eigenvalue weighted by Crippen LogP contribution is -2.57. The molecule has 39 heavy (non-hydrogen) atoms. The molecule has 3 amide bonds. The van der Waals surface area contributed by atoms with Crippen molar-refractivity contribution in [1.82, 2.24) is 10.2 Å². The predicted octanol–water partition coefficient (Wildman–Crippen LogP) is 3.53. The highest BCUT2D eigenvalue weighted by molar-refractivity contribution is 6.36. The Kier molecular flexibility index (Phi) is 8.77. The normalized spacial score (nSPS) is 26.3. The summed E-state index contributed by atoms with van der Waals surface area (Å²) < 4.78 is 44.9. The minimum Gasteiger partial charge on any atom is -0.444 e. The van der Waals surface area contributed by atoms with E-state index in [0.29, 0.717) is 12.8 Å². The number of alkyl halides is 3. The second-order valence-corrected chi connectivity index (χ2v) is 12.8. The van der Waals surface area contributed by atoms with Crippen molar-refractivity contribution in [1.29, 1.82) is 0 Å². The average Bonchev–Trinajstić information content (AvgIpc) is 3.14. The van der Waals surface area contributed by atoms with Crippen LogP contribution in [0.5, 0.6) is 0 Å². The van der Waals surface area contributed by atoms with Gasteiger partial charge in [0.1, 0.15) is 11.6 Å². The van der Waals surface area contributed by atoms with Gasteiger partial charge in [0, 0.05) is 18.9 Å². The first kappa shape index (κ1) is 30.9. The van der Waals surface area contributed by atoms with Gasteiger partial charge in [0.2, 0.25) is 11.7 Å². The van der Waals surface area contributed by atoms with Crippen LogP contribution in [0.4, 0.5) is 18.0 Å². The van der Waals surface area contributed by atoms with E-state index in [4.69, 9.17) is 10.5 Å². The van der Waals surface area contributed by atoms with Crippen LogP contribution in [0.2, 0.25) is 0 Å². The number of primary amides is 1. The molecule has 1 aliphatic heterocycles. The van der Waals surface area contributed by atoms with Gasteiger partial charge in [-0.05, 0) is 56.8 Å². The Labute approximate surface area is 226 Å². The maximum Gasteiger partial charge on any atom is 0.408 e. The minimum absolute atomic E-state index is 0.0585. The number of fused-ring (bicyclic) bond motifs is 1. The summed E-state index contributed by atoms with van der Waals surface area (Å²) in [6.45, 7) is 9.13. The molecule has 220 valence electrons. The van der Waals surface area contributed by atoms with Crippen molar-refractivity contribution in [2.24, 2.45) is 34.8 Å². The molecular formula is C27H40F3N3O6. The second kappa shape index (κ2) is 11.1. The summed E-state index contributed by atoms with van der Waals surface area (Å²) in [5, 5.41) is 2.71. The average molecular weight is 560 g/mol. The minimum atomic E-state index is -4.80. The molecule has 1 saturated heterocycles. The van der Waals surface area contributed by atoms with E-state index in [1.54, 1.807) is 20.8 Å². The van der Waals surface area contributed by atoms with Gasteiger partial charge in [0.25, 0.3) is 5.91 Å². The number of hydrogen-bond donors (Lipinski definition) is 2. The third kappa shape index (κ3) is 7.30. The number of nitrogens with two attached hydrogens (primary N) is 1. The SMILES string of the molecule is CC(C)(C)OC(=O)N[C@H](C(=O)N1C[C@H]2[C@@H]([C@H]1C(=O)CC(CC(F)(F)F)C(=O)C(N)=O)C2(C)C)C1CCCCC1. The number of carbonyl (C=O) groups is 5. The zero-order valence-corrected chi connectivity index (χ0v) is 23.2. The summed E-state index contributed by atoms with van der Waals surface area (Å²) in [6, 6.07) is -2.03. The molecule has 5 atom stereocenters. The number of nitrogens with zero attached hydrogens (tertiary/aromatic N) is 1. The summed E-state index contributed by atoms with van der Waals surface area (Å²) in [4.78, 5) is 65.2. The molecule has 3 aliphatic rings.